The normalized spacial score (nSPS) is 10.5. The number of carbonyl (C=O) groups is 2. The third-order valence-corrected chi connectivity index (χ3v) is 2.94. The van der Waals surface area contributed by atoms with Crippen LogP contribution in [0.3, 0.4) is 0 Å². The minimum absolute atomic E-state index is 0.0540. The Balaban J connectivity index is 2.60. The number of benzene rings is 1. The maximum atomic E-state index is 13.4. The Kier molecular flexibility index (Phi) is 6.81. The van der Waals surface area contributed by atoms with Crippen molar-refractivity contribution in [2.24, 2.45) is 0 Å². The van der Waals surface area contributed by atoms with E-state index in [2.05, 4.69) is 10.1 Å². The van der Waals surface area contributed by atoms with Crippen molar-refractivity contribution in [2.75, 3.05) is 32.1 Å². The molecule has 21 heavy (non-hydrogen) atoms. The number of nitrogens with zero attached hydrogens (tertiary/aromatic N) is 1. The topological polar surface area (TPSA) is 58.6 Å². The van der Waals surface area contributed by atoms with Gasteiger partial charge in [-0.05, 0) is 37.6 Å². The lowest BCUT2D eigenvalue weighted by Gasteiger charge is -2.19. The summed E-state index contributed by atoms with van der Waals surface area (Å²) in [5.41, 5.74) is 0.920. The van der Waals surface area contributed by atoms with Gasteiger partial charge in [0.2, 0.25) is 5.91 Å². The van der Waals surface area contributed by atoms with Crippen LogP contribution in [0, 0.1) is 12.7 Å². The summed E-state index contributed by atoms with van der Waals surface area (Å²) in [5.74, 6) is -1.05. The third kappa shape index (κ3) is 5.91. The largest absolute Gasteiger partial charge is 0.468 e. The van der Waals surface area contributed by atoms with Crippen LogP contribution in [0.2, 0.25) is 0 Å². The van der Waals surface area contributed by atoms with Gasteiger partial charge in [0.1, 0.15) is 5.82 Å². The average molecular weight is 296 g/mol. The summed E-state index contributed by atoms with van der Waals surface area (Å²) in [7, 11) is 1.31. The average Bonchev–Trinajstić information content (AvgIpc) is 2.43. The molecule has 0 heterocycles. The lowest BCUT2D eigenvalue weighted by Crippen LogP contribution is -2.37. The lowest BCUT2D eigenvalue weighted by molar-refractivity contribution is -0.142. The number of ether oxygens (including phenoxy) is 1. The van der Waals surface area contributed by atoms with Crippen LogP contribution < -0.4 is 5.32 Å². The Morgan fingerprint density at radius 1 is 1.33 bits per heavy atom. The standard InChI is InChI=1S/C15H21FN2O3/c1-4-7-18(10-15(20)21-3)9-14(19)17-12-6-5-11(2)13(16)8-12/h5-6,8H,4,7,9-10H2,1-3H3,(H,17,19). The molecule has 0 spiro atoms. The summed E-state index contributed by atoms with van der Waals surface area (Å²) < 4.78 is 18.0. The third-order valence-electron chi connectivity index (χ3n) is 2.94. The molecule has 0 saturated heterocycles. The minimum atomic E-state index is -0.391. The van der Waals surface area contributed by atoms with E-state index in [1.807, 2.05) is 6.92 Å². The van der Waals surface area contributed by atoms with Gasteiger partial charge in [-0.15, -0.1) is 0 Å². The zero-order valence-electron chi connectivity index (χ0n) is 12.6. The molecular formula is C15H21FN2O3. The van der Waals surface area contributed by atoms with Crippen molar-refractivity contribution in [3.8, 4) is 0 Å². The van der Waals surface area contributed by atoms with Gasteiger partial charge in [0.15, 0.2) is 0 Å². The van der Waals surface area contributed by atoms with Crippen LogP contribution in [0.5, 0.6) is 0 Å². The maximum Gasteiger partial charge on any atom is 0.319 e. The van der Waals surface area contributed by atoms with Crippen molar-refractivity contribution in [2.45, 2.75) is 20.3 Å². The number of anilines is 1. The first kappa shape index (κ1) is 17.1. The van der Waals surface area contributed by atoms with E-state index in [-0.39, 0.29) is 24.8 Å². The highest BCUT2D eigenvalue weighted by molar-refractivity contribution is 5.92. The number of hydrogen-bond donors (Lipinski definition) is 1. The number of rotatable bonds is 7. The quantitative estimate of drug-likeness (QED) is 0.781. The Hall–Kier alpha value is -1.95. The van der Waals surface area contributed by atoms with Gasteiger partial charge in [-0.25, -0.2) is 4.39 Å². The first-order valence-electron chi connectivity index (χ1n) is 6.81. The van der Waals surface area contributed by atoms with Crippen molar-refractivity contribution in [3.63, 3.8) is 0 Å². The molecule has 0 aliphatic carbocycles. The van der Waals surface area contributed by atoms with Crippen molar-refractivity contribution >= 4 is 17.6 Å². The number of methoxy groups -OCH3 is 1. The van der Waals surface area contributed by atoms with Crippen LogP contribution in [0.1, 0.15) is 18.9 Å². The first-order chi connectivity index (χ1) is 9.96. The number of amides is 1. The monoisotopic (exact) mass is 296 g/mol. The molecular weight excluding hydrogens is 275 g/mol. The molecule has 0 unspecified atom stereocenters. The Morgan fingerprint density at radius 2 is 2.05 bits per heavy atom. The van der Waals surface area contributed by atoms with Crippen LogP contribution in [0.4, 0.5) is 10.1 Å². The summed E-state index contributed by atoms with van der Waals surface area (Å²) in [6, 6.07) is 4.52. The highest BCUT2D eigenvalue weighted by atomic mass is 19.1. The Bertz CT molecular complexity index is 506. The zero-order chi connectivity index (χ0) is 15.8. The molecule has 0 radical (unpaired) electrons. The number of aryl methyl sites for hydroxylation is 1. The molecule has 0 aromatic heterocycles. The second-order valence-corrected chi connectivity index (χ2v) is 4.80. The molecule has 0 saturated carbocycles. The van der Waals surface area contributed by atoms with Gasteiger partial charge in [-0.2, -0.15) is 0 Å². The van der Waals surface area contributed by atoms with Gasteiger partial charge in [-0.1, -0.05) is 13.0 Å². The van der Waals surface area contributed by atoms with E-state index in [0.717, 1.165) is 6.42 Å². The van der Waals surface area contributed by atoms with E-state index >= 15 is 0 Å². The summed E-state index contributed by atoms with van der Waals surface area (Å²) in [6.07, 6.45) is 0.809. The second-order valence-electron chi connectivity index (χ2n) is 4.80. The van der Waals surface area contributed by atoms with Gasteiger partial charge in [0, 0.05) is 5.69 Å². The van der Waals surface area contributed by atoms with Crippen molar-refractivity contribution in [1.29, 1.82) is 0 Å². The highest BCUT2D eigenvalue weighted by Gasteiger charge is 2.14. The number of nitrogens with one attached hydrogen (secondary N) is 1. The molecule has 0 aliphatic heterocycles. The van der Waals surface area contributed by atoms with Gasteiger partial charge in [-0.3, -0.25) is 14.5 Å². The molecule has 1 N–H and O–H groups in total. The van der Waals surface area contributed by atoms with Crippen molar-refractivity contribution < 1.29 is 18.7 Å². The fraction of sp³-hybridized carbons (Fsp3) is 0.467. The molecule has 0 aliphatic rings. The highest BCUT2D eigenvalue weighted by Crippen LogP contribution is 2.13. The predicted octanol–water partition coefficient (Wildman–Crippen LogP) is 1.96. The van der Waals surface area contributed by atoms with Gasteiger partial charge < -0.3 is 10.1 Å². The van der Waals surface area contributed by atoms with Gasteiger partial charge >= 0.3 is 5.97 Å². The number of carbonyl (C=O) groups excluding carboxylic acids is 2. The van der Waals surface area contributed by atoms with Crippen LogP contribution in [0.15, 0.2) is 18.2 Å². The van der Waals surface area contributed by atoms with Crippen molar-refractivity contribution in [3.05, 3.63) is 29.6 Å². The van der Waals surface area contributed by atoms with E-state index in [1.54, 1.807) is 24.0 Å². The summed E-state index contributed by atoms with van der Waals surface area (Å²) >= 11 is 0. The molecule has 0 bridgehead atoms. The van der Waals surface area contributed by atoms with E-state index in [1.165, 1.54) is 13.2 Å². The fourth-order valence-electron chi connectivity index (χ4n) is 1.85. The molecule has 1 aromatic carbocycles. The van der Waals surface area contributed by atoms with E-state index in [9.17, 15) is 14.0 Å². The lowest BCUT2D eigenvalue weighted by atomic mass is 10.2. The fourth-order valence-corrected chi connectivity index (χ4v) is 1.85. The van der Waals surface area contributed by atoms with E-state index in [4.69, 9.17) is 0 Å². The molecule has 116 valence electrons. The van der Waals surface area contributed by atoms with Gasteiger partial charge in [0.05, 0.1) is 20.2 Å². The molecule has 0 atom stereocenters. The maximum absolute atomic E-state index is 13.4. The minimum Gasteiger partial charge on any atom is -0.468 e. The van der Waals surface area contributed by atoms with Crippen LogP contribution in [0.25, 0.3) is 0 Å². The first-order valence-corrected chi connectivity index (χ1v) is 6.81. The van der Waals surface area contributed by atoms with Crippen LogP contribution in [-0.4, -0.2) is 43.5 Å². The van der Waals surface area contributed by atoms with E-state index in [0.29, 0.717) is 17.8 Å². The summed E-state index contributed by atoms with van der Waals surface area (Å²) in [4.78, 5) is 24.9. The molecule has 1 rings (SSSR count). The number of esters is 1. The summed E-state index contributed by atoms with van der Waals surface area (Å²) in [6.45, 7) is 4.32. The zero-order valence-corrected chi connectivity index (χ0v) is 12.6. The number of halogens is 1. The molecule has 5 nitrogen and oxygen atoms in total. The van der Waals surface area contributed by atoms with Crippen LogP contribution in [-0.2, 0) is 14.3 Å². The summed E-state index contributed by atoms with van der Waals surface area (Å²) in [5, 5.41) is 2.62. The number of hydrogen-bond acceptors (Lipinski definition) is 4. The van der Waals surface area contributed by atoms with Crippen molar-refractivity contribution in [1.82, 2.24) is 4.90 Å². The second kappa shape index (κ2) is 8.36. The molecule has 0 fully saturated rings. The van der Waals surface area contributed by atoms with E-state index < -0.39 is 5.97 Å². The smallest absolute Gasteiger partial charge is 0.319 e. The Labute approximate surface area is 124 Å². The predicted molar refractivity (Wildman–Crippen MR) is 78.5 cm³/mol. The van der Waals surface area contributed by atoms with Gasteiger partial charge in [0.25, 0.3) is 0 Å². The van der Waals surface area contributed by atoms with Crippen LogP contribution >= 0.6 is 0 Å². The Morgan fingerprint density at radius 3 is 2.62 bits per heavy atom. The SMILES string of the molecule is CCCN(CC(=O)Nc1ccc(C)c(F)c1)CC(=O)OC. The molecule has 1 amide bonds. The molecule has 1 aromatic rings. The molecule has 6 heteroatoms.